The molecule has 0 heterocycles. The molecule has 15 heavy (non-hydrogen) atoms. The molecular weight excluding hydrogens is 214 g/mol. The smallest absolute Gasteiger partial charge is 0.173 e. The zero-order valence-electron chi connectivity index (χ0n) is 9.21. The molecule has 0 aliphatic heterocycles. The van der Waals surface area contributed by atoms with Gasteiger partial charge in [-0.15, -0.1) is 0 Å². The van der Waals surface area contributed by atoms with Crippen LogP contribution in [0.5, 0.6) is 0 Å². The van der Waals surface area contributed by atoms with E-state index < -0.39 is 0 Å². The summed E-state index contributed by atoms with van der Waals surface area (Å²) in [5.41, 5.74) is 2.15. The highest BCUT2D eigenvalue weighted by atomic mass is 35.5. The summed E-state index contributed by atoms with van der Waals surface area (Å²) in [6.07, 6.45) is -0.236. The highest BCUT2D eigenvalue weighted by Gasteiger charge is 2.05. The number of anilines is 1. The number of benzene rings is 1. The van der Waals surface area contributed by atoms with Crippen molar-refractivity contribution in [2.75, 3.05) is 26.1 Å². The lowest BCUT2D eigenvalue weighted by Gasteiger charge is -2.16. The van der Waals surface area contributed by atoms with Crippen molar-refractivity contribution in [3.63, 3.8) is 0 Å². The monoisotopic (exact) mass is 229 g/mol. The number of hydrogen-bond acceptors (Lipinski definition) is 3. The van der Waals surface area contributed by atoms with Gasteiger partial charge in [-0.05, 0) is 30.7 Å². The zero-order chi connectivity index (χ0) is 11.3. The molecule has 84 valence electrons. The molecule has 0 aromatic heterocycles. The molecule has 0 spiro atoms. The van der Waals surface area contributed by atoms with E-state index >= 15 is 0 Å². The molecule has 0 saturated carbocycles. The Labute approximate surface area is 95.3 Å². The van der Waals surface area contributed by atoms with Crippen molar-refractivity contribution >= 4 is 17.3 Å². The second-order valence-electron chi connectivity index (χ2n) is 3.24. The van der Waals surface area contributed by atoms with Crippen LogP contribution >= 0.6 is 11.6 Å². The maximum Gasteiger partial charge on any atom is 0.173 e. The molecule has 0 radical (unpaired) electrons. The van der Waals surface area contributed by atoms with Crippen LogP contribution in [0.4, 0.5) is 5.69 Å². The Morgan fingerprint density at radius 2 is 2.00 bits per heavy atom. The SMILES string of the molecule is COC(CNc1ccc(Cl)cc1C)OC. The third-order valence-electron chi connectivity index (χ3n) is 2.17. The van der Waals surface area contributed by atoms with Crippen molar-refractivity contribution in [1.29, 1.82) is 0 Å². The molecule has 1 aromatic carbocycles. The van der Waals surface area contributed by atoms with Crippen LogP contribution in [0.15, 0.2) is 18.2 Å². The van der Waals surface area contributed by atoms with Gasteiger partial charge in [0.25, 0.3) is 0 Å². The lowest BCUT2D eigenvalue weighted by atomic mass is 10.2. The molecule has 3 nitrogen and oxygen atoms in total. The van der Waals surface area contributed by atoms with Crippen LogP contribution < -0.4 is 5.32 Å². The van der Waals surface area contributed by atoms with Gasteiger partial charge in [0.15, 0.2) is 6.29 Å². The molecule has 1 rings (SSSR count). The molecule has 0 fully saturated rings. The summed E-state index contributed by atoms with van der Waals surface area (Å²) in [4.78, 5) is 0. The fraction of sp³-hybridized carbons (Fsp3) is 0.455. The number of aryl methyl sites for hydroxylation is 1. The molecule has 0 saturated heterocycles. The highest BCUT2D eigenvalue weighted by Crippen LogP contribution is 2.19. The largest absolute Gasteiger partial charge is 0.380 e. The Morgan fingerprint density at radius 1 is 1.33 bits per heavy atom. The average molecular weight is 230 g/mol. The molecule has 1 aromatic rings. The minimum Gasteiger partial charge on any atom is -0.380 e. The summed E-state index contributed by atoms with van der Waals surface area (Å²) in [6, 6.07) is 5.71. The minimum atomic E-state index is -0.236. The van der Waals surface area contributed by atoms with Crippen LogP contribution in [0.1, 0.15) is 5.56 Å². The van der Waals surface area contributed by atoms with E-state index in [2.05, 4.69) is 5.32 Å². The van der Waals surface area contributed by atoms with E-state index in [-0.39, 0.29) is 6.29 Å². The van der Waals surface area contributed by atoms with Crippen molar-refractivity contribution in [2.45, 2.75) is 13.2 Å². The Morgan fingerprint density at radius 3 is 2.53 bits per heavy atom. The van der Waals surface area contributed by atoms with Gasteiger partial charge in [-0.25, -0.2) is 0 Å². The number of methoxy groups -OCH3 is 2. The van der Waals surface area contributed by atoms with Crippen molar-refractivity contribution in [3.8, 4) is 0 Å². The predicted octanol–water partition coefficient (Wildman–Crippen LogP) is 2.68. The van der Waals surface area contributed by atoms with Crippen LogP contribution in [0, 0.1) is 6.92 Å². The third kappa shape index (κ3) is 3.70. The molecular formula is C11H16ClNO2. The second-order valence-corrected chi connectivity index (χ2v) is 3.68. The summed E-state index contributed by atoms with van der Waals surface area (Å²) in [6.45, 7) is 2.61. The number of ether oxygens (including phenoxy) is 2. The van der Waals surface area contributed by atoms with Gasteiger partial charge in [-0.1, -0.05) is 11.6 Å². The zero-order valence-corrected chi connectivity index (χ0v) is 9.97. The molecule has 0 aliphatic carbocycles. The van der Waals surface area contributed by atoms with Gasteiger partial charge in [0, 0.05) is 24.9 Å². The average Bonchev–Trinajstić information content (AvgIpc) is 2.22. The maximum atomic E-state index is 5.86. The van der Waals surface area contributed by atoms with Crippen molar-refractivity contribution in [1.82, 2.24) is 0 Å². The molecule has 0 atom stereocenters. The van der Waals surface area contributed by atoms with E-state index in [1.54, 1.807) is 14.2 Å². The van der Waals surface area contributed by atoms with E-state index in [1.165, 1.54) is 0 Å². The van der Waals surface area contributed by atoms with Gasteiger partial charge in [0.05, 0.1) is 6.54 Å². The van der Waals surface area contributed by atoms with Crippen molar-refractivity contribution < 1.29 is 9.47 Å². The van der Waals surface area contributed by atoms with Crippen molar-refractivity contribution in [3.05, 3.63) is 28.8 Å². The first-order chi connectivity index (χ1) is 7.17. The lowest BCUT2D eigenvalue weighted by Crippen LogP contribution is -2.23. The number of hydrogen-bond donors (Lipinski definition) is 1. The van der Waals surface area contributed by atoms with Crippen LogP contribution in [0.3, 0.4) is 0 Å². The molecule has 4 heteroatoms. The first kappa shape index (κ1) is 12.3. The molecule has 0 amide bonds. The van der Waals surface area contributed by atoms with Gasteiger partial charge in [0.2, 0.25) is 0 Å². The number of nitrogens with one attached hydrogen (secondary N) is 1. The Bertz CT molecular complexity index is 313. The van der Waals surface area contributed by atoms with Crippen LogP contribution in [0.2, 0.25) is 5.02 Å². The van der Waals surface area contributed by atoms with Gasteiger partial charge in [0.1, 0.15) is 0 Å². The van der Waals surface area contributed by atoms with Crippen LogP contribution in [-0.2, 0) is 9.47 Å². The van der Waals surface area contributed by atoms with Gasteiger partial charge < -0.3 is 14.8 Å². The van der Waals surface area contributed by atoms with E-state index in [1.807, 2.05) is 25.1 Å². The van der Waals surface area contributed by atoms with Crippen LogP contribution in [0.25, 0.3) is 0 Å². The van der Waals surface area contributed by atoms with E-state index in [9.17, 15) is 0 Å². The summed E-state index contributed by atoms with van der Waals surface area (Å²) in [5.74, 6) is 0. The normalized spacial score (nSPS) is 10.7. The quantitative estimate of drug-likeness (QED) is 0.788. The fourth-order valence-electron chi connectivity index (χ4n) is 1.28. The third-order valence-corrected chi connectivity index (χ3v) is 2.41. The van der Waals surface area contributed by atoms with Crippen molar-refractivity contribution in [2.24, 2.45) is 0 Å². The lowest BCUT2D eigenvalue weighted by molar-refractivity contribution is -0.0914. The first-order valence-electron chi connectivity index (χ1n) is 4.73. The standard InChI is InChI=1S/C11H16ClNO2/c1-8-6-9(12)4-5-10(8)13-7-11(14-2)15-3/h4-6,11,13H,7H2,1-3H3. The number of halogens is 1. The fourth-order valence-corrected chi connectivity index (χ4v) is 1.51. The topological polar surface area (TPSA) is 30.5 Å². The summed E-state index contributed by atoms with van der Waals surface area (Å²) >= 11 is 5.86. The van der Waals surface area contributed by atoms with Gasteiger partial charge >= 0.3 is 0 Å². The van der Waals surface area contributed by atoms with Crippen LogP contribution in [-0.4, -0.2) is 27.1 Å². The minimum absolute atomic E-state index is 0.236. The number of rotatable bonds is 5. The maximum absolute atomic E-state index is 5.86. The van der Waals surface area contributed by atoms with E-state index in [4.69, 9.17) is 21.1 Å². The molecule has 1 N–H and O–H groups in total. The van der Waals surface area contributed by atoms with E-state index in [0.29, 0.717) is 6.54 Å². The summed E-state index contributed by atoms with van der Waals surface area (Å²) < 4.78 is 10.1. The van der Waals surface area contributed by atoms with Gasteiger partial charge in [-0.2, -0.15) is 0 Å². The Balaban J connectivity index is 2.57. The molecule has 0 aliphatic rings. The highest BCUT2D eigenvalue weighted by molar-refractivity contribution is 6.30. The molecule has 0 bridgehead atoms. The van der Waals surface area contributed by atoms with E-state index in [0.717, 1.165) is 16.3 Å². The Kier molecular flexibility index (Phi) is 4.88. The first-order valence-corrected chi connectivity index (χ1v) is 5.10. The Hall–Kier alpha value is -0.770. The summed E-state index contributed by atoms with van der Waals surface area (Å²) in [5, 5.41) is 3.98. The summed E-state index contributed by atoms with van der Waals surface area (Å²) in [7, 11) is 3.23. The molecule has 0 unspecified atom stereocenters. The predicted molar refractivity (Wildman–Crippen MR) is 62.5 cm³/mol. The second kappa shape index (κ2) is 5.95. The van der Waals surface area contributed by atoms with Gasteiger partial charge in [-0.3, -0.25) is 0 Å².